The smallest absolute Gasteiger partial charge is 0.263 e. The second-order valence-corrected chi connectivity index (χ2v) is 4.17. The van der Waals surface area contributed by atoms with Gasteiger partial charge in [0.05, 0.1) is 18.4 Å². The van der Waals surface area contributed by atoms with Gasteiger partial charge in [0.1, 0.15) is 5.82 Å². The topological polar surface area (TPSA) is 37.8 Å². The Morgan fingerprint density at radius 1 is 1.10 bits per heavy atom. The van der Waals surface area contributed by atoms with Gasteiger partial charge in [0.15, 0.2) is 5.82 Å². The van der Waals surface area contributed by atoms with Gasteiger partial charge >= 0.3 is 0 Å². The Bertz CT molecular complexity index is 587. The maximum Gasteiger partial charge on any atom is 0.263 e. The number of halogens is 4. The van der Waals surface area contributed by atoms with Crippen molar-refractivity contribution in [2.75, 3.05) is 5.32 Å². The number of anilines is 1. The Hall–Kier alpha value is -2.18. The van der Waals surface area contributed by atoms with E-state index in [1.807, 2.05) is 0 Å². The first kappa shape index (κ1) is 14.2. The molecule has 0 amide bonds. The fraction of sp³-hybridized carbons (Fsp3) is 0.231. The van der Waals surface area contributed by atoms with Crippen molar-refractivity contribution < 1.29 is 17.6 Å². The molecule has 1 heterocycles. The average molecular weight is 285 g/mol. The van der Waals surface area contributed by atoms with Gasteiger partial charge in [-0.05, 0) is 13.0 Å². The lowest BCUT2D eigenvalue weighted by molar-refractivity contribution is 0.151. The van der Waals surface area contributed by atoms with E-state index in [2.05, 4.69) is 15.3 Å². The Morgan fingerprint density at radius 3 is 2.30 bits per heavy atom. The standard InChI is InChI=1S/C13H11F4N3/c1-7(20-13-18-5-9(14)6-19-13)10-3-2-8(12(16)17)4-11(10)15/h2-7,12H,1H3,(H,18,19,20)/t7-/m0/s1. The number of nitrogens with one attached hydrogen (secondary N) is 1. The van der Waals surface area contributed by atoms with Crippen molar-refractivity contribution in [2.24, 2.45) is 0 Å². The van der Waals surface area contributed by atoms with Crippen LogP contribution < -0.4 is 5.32 Å². The highest BCUT2D eigenvalue weighted by molar-refractivity contribution is 5.33. The molecule has 106 valence electrons. The molecule has 0 aliphatic heterocycles. The molecule has 1 atom stereocenters. The molecule has 3 nitrogen and oxygen atoms in total. The summed E-state index contributed by atoms with van der Waals surface area (Å²) in [5.41, 5.74) is -0.182. The minimum absolute atomic E-state index is 0.122. The number of aromatic nitrogens is 2. The minimum Gasteiger partial charge on any atom is -0.348 e. The molecule has 0 fully saturated rings. The number of rotatable bonds is 4. The molecule has 1 N–H and O–H groups in total. The van der Waals surface area contributed by atoms with E-state index in [1.54, 1.807) is 6.92 Å². The van der Waals surface area contributed by atoms with E-state index in [4.69, 9.17) is 0 Å². The third-order valence-electron chi connectivity index (χ3n) is 2.71. The zero-order valence-electron chi connectivity index (χ0n) is 10.4. The Kier molecular flexibility index (Phi) is 4.16. The molecule has 0 saturated heterocycles. The highest BCUT2D eigenvalue weighted by Crippen LogP contribution is 2.25. The van der Waals surface area contributed by atoms with Gasteiger partial charge in [-0.15, -0.1) is 0 Å². The number of hydrogen-bond acceptors (Lipinski definition) is 3. The summed E-state index contributed by atoms with van der Waals surface area (Å²) in [6, 6.07) is 2.68. The zero-order valence-corrected chi connectivity index (χ0v) is 10.4. The molecule has 1 aromatic heterocycles. The maximum atomic E-state index is 13.8. The fourth-order valence-electron chi connectivity index (χ4n) is 1.69. The van der Waals surface area contributed by atoms with Crippen molar-refractivity contribution in [1.29, 1.82) is 0 Å². The van der Waals surface area contributed by atoms with E-state index in [-0.39, 0.29) is 17.1 Å². The normalized spacial score (nSPS) is 12.5. The quantitative estimate of drug-likeness (QED) is 0.867. The summed E-state index contributed by atoms with van der Waals surface area (Å²) in [6.45, 7) is 1.62. The van der Waals surface area contributed by atoms with Crippen molar-refractivity contribution in [3.63, 3.8) is 0 Å². The van der Waals surface area contributed by atoms with Crippen LogP contribution in [-0.2, 0) is 0 Å². The van der Waals surface area contributed by atoms with E-state index in [0.29, 0.717) is 0 Å². The second-order valence-electron chi connectivity index (χ2n) is 4.17. The van der Waals surface area contributed by atoms with Crippen LogP contribution in [0.3, 0.4) is 0 Å². The van der Waals surface area contributed by atoms with Crippen molar-refractivity contribution in [1.82, 2.24) is 9.97 Å². The van der Waals surface area contributed by atoms with E-state index < -0.39 is 24.1 Å². The van der Waals surface area contributed by atoms with Crippen LogP contribution in [0.4, 0.5) is 23.5 Å². The first-order valence-corrected chi connectivity index (χ1v) is 5.79. The lowest BCUT2D eigenvalue weighted by atomic mass is 10.1. The first-order chi connectivity index (χ1) is 9.47. The average Bonchev–Trinajstić information content (AvgIpc) is 2.41. The molecule has 0 saturated carbocycles. The molecule has 0 spiro atoms. The molecule has 2 rings (SSSR count). The van der Waals surface area contributed by atoms with Gasteiger partial charge in [-0.3, -0.25) is 0 Å². The number of hydrogen-bond donors (Lipinski definition) is 1. The third-order valence-corrected chi connectivity index (χ3v) is 2.71. The largest absolute Gasteiger partial charge is 0.348 e. The molecule has 0 radical (unpaired) electrons. The molecule has 20 heavy (non-hydrogen) atoms. The van der Waals surface area contributed by atoms with Crippen LogP contribution in [0.25, 0.3) is 0 Å². The molecule has 7 heteroatoms. The lowest BCUT2D eigenvalue weighted by Crippen LogP contribution is -2.11. The predicted octanol–water partition coefficient (Wildman–Crippen LogP) is 3.87. The van der Waals surface area contributed by atoms with Gasteiger partial charge < -0.3 is 5.32 Å². The summed E-state index contributed by atoms with van der Waals surface area (Å²) >= 11 is 0. The van der Waals surface area contributed by atoms with Crippen molar-refractivity contribution >= 4 is 5.95 Å². The Labute approximate surface area is 112 Å². The molecule has 0 aliphatic carbocycles. The molecule has 1 aromatic carbocycles. The summed E-state index contributed by atoms with van der Waals surface area (Å²) in [6.07, 6.45) is -0.779. The molecule has 0 bridgehead atoms. The molecule has 0 aliphatic rings. The van der Waals surface area contributed by atoms with Gasteiger partial charge in [-0.1, -0.05) is 12.1 Å². The van der Waals surface area contributed by atoms with Crippen LogP contribution in [0.15, 0.2) is 30.6 Å². The van der Waals surface area contributed by atoms with Crippen LogP contribution in [0.1, 0.15) is 30.5 Å². The van der Waals surface area contributed by atoms with Gasteiger partial charge in [0.25, 0.3) is 6.43 Å². The van der Waals surface area contributed by atoms with Crippen molar-refractivity contribution in [3.05, 3.63) is 53.4 Å². The molecular formula is C13H11F4N3. The van der Waals surface area contributed by atoms with E-state index in [9.17, 15) is 17.6 Å². The SMILES string of the molecule is C[C@H](Nc1ncc(F)cn1)c1ccc(C(F)F)cc1F. The molecule has 0 unspecified atom stereocenters. The van der Waals surface area contributed by atoms with Gasteiger partial charge in [0, 0.05) is 11.1 Å². The molecular weight excluding hydrogens is 274 g/mol. The summed E-state index contributed by atoms with van der Waals surface area (Å²) in [4.78, 5) is 7.36. The van der Waals surface area contributed by atoms with E-state index in [0.717, 1.165) is 24.5 Å². The second kappa shape index (κ2) is 5.85. The van der Waals surface area contributed by atoms with Crippen LogP contribution in [-0.4, -0.2) is 9.97 Å². The van der Waals surface area contributed by atoms with E-state index >= 15 is 0 Å². The van der Waals surface area contributed by atoms with Gasteiger partial charge in [-0.25, -0.2) is 27.5 Å². The van der Waals surface area contributed by atoms with Gasteiger partial charge in [0.2, 0.25) is 5.95 Å². The monoisotopic (exact) mass is 285 g/mol. The van der Waals surface area contributed by atoms with Gasteiger partial charge in [-0.2, -0.15) is 0 Å². The Balaban J connectivity index is 2.16. The lowest BCUT2D eigenvalue weighted by Gasteiger charge is -2.15. The number of nitrogens with zero attached hydrogens (tertiary/aromatic N) is 2. The predicted molar refractivity (Wildman–Crippen MR) is 65.4 cm³/mol. The zero-order chi connectivity index (χ0) is 14.7. The maximum absolute atomic E-state index is 13.8. The van der Waals surface area contributed by atoms with Crippen LogP contribution >= 0.6 is 0 Å². The summed E-state index contributed by atoms with van der Waals surface area (Å²) in [7, 11) is 0. The van der Waals surface area contributed by atoms with E-state index in [1.165, 1.54) is 6.07 Å². The summed E-state index contributed by atoms with van der Waals surface area (Å²) in [5.74, 6) is -1.21. The number of benzene rings is 1. The third kappa shape index (κ3) is 3.23. The number of alkyl halides is 2. The Morgan fingerprint density at radius 2 is 1.75 bits per heavy atom. The summed E-state index contributed by atoms with van der Waals surface area (Å²) in [5, 5.41) is 2.76. The summed E-state index contributed by atoms with van der Waals surface area (Å²) < 4.78 is 51.3. The minimum atomic E-state index is -2.72. The van der Waals surface area contributed by atoms with Crippen LogP contribution in [0.2, 0.25) is 0 Å². The molecule has 2 aromatic rings. The van der Waals surface area contributed by atoms with Crippen molar-refractivity contribution in [3.8, 4) is 0 Å². The first-order valence-electron chi connectivity index (χ1n) is 5.79. The fourth-order valence-corrected chi connectivity index (χ4v) is 1.69. The van der Waals surface area contributed by atoms with Crippen LogP contribution in [0, 0.1) is 11.6 Å². The van der Waals surface area contributed by atoms with Crippen molar-refractivity contribution in [2.45, 2.75) is 19.4 Å². The highest BCUT2D eigenvalue weighted by Gasteiger charge is 2.15. The highest BCUT2D eigenvalue weighted by atomic mass is 19.3. The van der Waals surface area contributed by atoms with Crippen LogP contribution in [0.5, 0.6) is 0 Å².